The zero-order valence-electron chi connectivity index (χ0n) is 16.8. The molecule has 1 amide bonds. The van der Waals surface area contributed by atoms with Gasteiger partial charge in [-0.05, 0) is 31.0 Å². The van der Waals surface area contributed by atoms with Gasteiger partial charge < -0.3 is 9.64 Å². The molecule has 1 saturated heterocycles. The van der Waals surface area contributed by atoms with Gasteiger partial charge in [-0.2, -0.15) is 8.74 Å². The first-order valence-electron chi connectivity index (χ1n) is 9.46. The number of aromatic nitrogens is 2. The zero-order chi connectivity index (χ0) is 21.0. The molecule has 2 heterocycles. The maximum atomic E-state index is 13.5. The number of benzene rings is 1. The van der Waals surface area contributed by atoms with Crippen LogP contribution < -0.4 is 9.64 Å². The Morgan fingerprint density at radius 2 is 2.14 bits per heavy atom. The van der Waals surface area contributed by atoms with E-state index in [4.69, 9.17) is 4.74 Å². The number of carbonyl (C=O) groups is 1. The Balaban J connectivity index is 1.66. The van der Waals surface area contributed by atoms with E-state index in [2.05, 4.69) is 18.6 Å². The van der Waals surface area contributed by atoms with E-state index >= 15 is 0 Å². The number of nitrogens with zero attached hydrogens (tertiary/aromatic N) is 4. The number of piperidine rings is 1. The molecule has 1 aromatic heterocycles. The lowest BCUT2D eigenvalue weighted by Gasteiger charge is -2.31. The minimum absolute atomic E-state index is 0.144. The van der Waals surface area contributed by atoms with Crippen LogP contribution in [-0.2, 0) is 27.4 Å². The SMILES string of the molecule is CCc1nsc(N2CCC(S(C)(=O)=NC(=O)Cc3cc(F)ccc3OC)CC2)n1. The topological polar surface area (TPSA) is 84.8 Å². The summed E-state index contributed by atoms with van der Waals surface area (Å²) in [5.74, 6) is 0.260. The number of rotatable bonds is 6. The second-order valence-corrected chi connectivity index (χ2v) is 10.3. The van der Waals surface area contributed by atoms with Gasteiger partial charge in [-0.15, -0.1) is 0 Å². The van der Waals surface area contributed by atoms with E-state index in [1.807, 2.05) is 6.92 Å². The number of aryl methyl sites for hydroxylation is 1. The maximum Gasteiger partial charge on any atom is 0.258 e. The molecule has 1 aromatic carbocycles. The van der Waals surface area contributed by atoms with Crippen LogP contribution in [0.1, 0.15) is 31.2 Å². The van der Waals surface area contributed by atoms with Gasteiger partial charge in [-0.1, -0.05) is 6.92 Å². The largest absolute Gasteiger partial charge is 0.496 e. The average molecular weight is 441 g/mol. The molecule has 0 bridgehead atoms. The summed E-state index contributed by atoms with van der Waals surface area (Å²) in [6, 6.07) is 3.98. The molecular formula is C19H25FN4O3S2. The fourth-order valence-electron chi connectivity index (χ4n) is 3.36. The van der Waals surface area contributed by atoms with Crippen LogP contribution in [0.2, 0.25) is 0 Å². The van der Waals surface area contributed by atoms with Crippen molar-refractivity contribution in [1.29, 1.82) is 0 Å². The average Bonchev–Trinajstić information content (AvgIpc) is 3.17. The fourth-order valence-corrected chi connectivity index (χ4v) is 5.86. The molecule has 0 N–H and O–H groups in total. The van der Waals surface area contributed by atoms with Gasteiger partial charge in [-0.25, -0.2) is 13.6 Å². The van der Waals surface area contributed by atoms with Gasteiger partial charge in [0.25, 0.3) is 5.91 Å². The van der Waals surface area contributed by atoms with Gasteiger partial charge in [0.15, 0.2) is 0 Å². The van der Waals surface area contributed by atoms with Gasteiger partial charge in [0, 0.05) is 48.1 Å². The zero-order valence-corrected chi connectivity index (χ0v) is 18.4. The third-order valence-electron chi connectivity index (χ3n) is 4.97. The van der Waals surface area contributed by atoms with Crippen LogP contribution in [0.5, 0.6) is 5.75 Å². The van der Waals surface area contributed by atoms with Gasteiger partial charge in [0.1, 0.15) is 17.4 Å². The molecular weight excluding hydrogens is 415 g/mol. The van der Waals surface area contributed by atoms with Gasteiger partial charge in [0.05, 0.1) is 23.3 Å². The number of carbonyl (C=O) groups excluding carboxylic acids is 1. The number of halogens is 1. The molecule has 1 fully saturated rings. The lowest BCUT2D eigenvalue weighted by molar-refractivity contribution is -0.117. The van der Waals surface area contributed by atoms with E-state index in [0.29, 0.717) is 37.2 Å². The Bertz CT molecular complexity index is 993. The maximum absolute atomic E-state index is 13.5. The van der Waals surface area contributed by atoms with Crippen molar-refractivity contribution in [1.82, 2.24) is 9.36 Å². The minimum Gasteiger partial charge on any atom is -0.496 e. The molecule has 1 aliphatic heterocycles. The molecule has 29 heavy (non-hydrogen) atoms. The fraction of sp³-hybridized carbons (Fsp3) is 0.526. The van der Waals surface area contributed by atoms with E-state index in [1.54, 1.807) is 0 Å². The van der Waals surface area contributed by atoms with E-state index < -0.39 is 21.5 Å². The lowest BCUT2D eigenvalue weighted by Crippen LogP contribution is -2.39. The van der Waals surface area contributed by atoms with Gasteiger partial charge >= 0.3 is 0 Å². The van der Waals surface area contributed by atoms with Crippen molar-refractivity contribution in [2.75, 3.05) is 31.4 Å². The summed E-state index contributed by atoms with van der Waals surface area (Å²) in [6.07, 6.45) is 3.52. The van der Waals surface area contributed by atoms with E-state index in [0.717, 1.165) is 17.4 Å². The van der Waals surface area contributed by atoms with E-state index in [-0.39, 0.29) is 11.7 Å². The molecule has 3 rings (SSSR count). The smallest absolute Gasteiger partial charge is 0.258 e. The molecule has 1 atom stereocenters. The summed E-state index contributed by atoms with van der Waals surface area (Å²) < 4.78 is 40.1. The van der Waals surface area contributed by atoms with Crippen LogP contribution >= 0.6 is 11.5 Å². The summed E-state index contributed by atoms with van der Waals surface area (Å²) in [7, 11) is -1.25. The second kappa shape index (κ2) is 9.17. The summed E-state index contributed by atoms with van der Waals surface area (Å²) in [4.78, 5) is 19.1. The van der Waals surface area contributed by atoms with Gasteiger partial charge in [-0.3, -0.25) is 4.79 Å². The molecule has 0 saturated carbocycles. The second-order valence-electron chi connectivity index (χ2n) is 7.01. The van der Waals surface area contributed by atoms with Crippen molar-refractivity contribution in [2.45, 2.75) is 37.9 Å². The van der Waals surface area contributed by atoms with Crippen molar-refractivity contribution in [3.05, 3.63) is 35.4 Å². The minimum atomic E-state index is -2.71. The molecule has 7 nitrogen and oxygen atoms in total. The molecule has 1 aliphatic rings. The Morgan fingerprint density at radius 1 is 1.41 bits per heavy atom. The molecule has 0 aliphatic carbocycles. The number of hydrogen-bond donors (Lipinski definition) is 0. The summed E-state index contributed by atoms with van der Waals surface area (Å²) in [5.41, 5.74) is 0.397. The predicted octanol–water partition coefficient (Wildman–Crippen LogP) is 3.08. The molecule has 158 valence electrons. The lowest BCUT2D eigenvalue weighted by atomic mass is 10.1. The van der Waals surface area contributed by atoms with Crippen LogP contribution in [-0.4, -0.2) is 51.2 Å². The van der Waals surface area contributed by atoms with E-state index in [1.165, 1.54) is 43.1 Å². The molecule has 0 radical (unpaired) electrons. The van der Waals surface area contributed by atoms with Crippen molar-refractivity contribution >= 4 is 32.3 Å². The Morgan fingerprint density at radius 3 is 2.76 bits per heavy atom. The first-order chi connectivity index (χ1) is 13.8. The Kier molecular flexibility index (Phi) is 6.84. The monoisotopic (exact) mass is 440 g/mol. The summed E-state index contributed by atoms with van der Waals surface area (Å²) in [6.45, 7) is 3.42. The summed E-state index contributed by atoms with van der Waals surface area (Å²) in [5, 5.41) is 0.713. The number of amides is 1. The highest BCUT2D eigenvalue weighted by atomic mass is 32.2. The molecule has 0 spiro atoms. The molecule has 10 heteroatoms. The Hall–Kier alpha value is -2.07. The van der Waals surface area contributed by atoms with Crippen LogP contribution in [0.4, 0.5) is 9.52 Å². The summed E-state index contributed by atoms with van der Waals surface area (Å²) >= 11 is 1.38. The Labute approximate surface area is 174 Å². The highest BCUT2D eigenvalue weighted by Crippen LogP contribution is 2.26. The van der Waals surface area contributed by atoms with E-state index in [9.17, 15) is 13.4 Å². The van der Waals surface area contributed by atoms with Crippen LogP contribution in [0.25, 0.3) is 0 Å². The van der Waals surface area contributed by atoms with Gasteiger partial charge in [0.2, 0.25) is 5.13 Å². The molecule has 2 aromatic rings. The van der Waals surface area contributed by atoms with Crippen molar-refractivity contribution in [3.63, 3.8) is 0 Å². The third-order valence-corrected chi connectivity index (χ3v) is 8.06. The number of hydrogen-bond acceptors (Lipinski definition) is 7. The van der Waals surface area contributed by atoms with Crippen molar-refractivity contribution in [3.8, 4) is 5.75 Å². The third kappa shape index (κ3) is 5.30. The highest BCUT2D eigenvalue weighted by molar-refractivity contribution is 7.93. The van der Waals surface area contributed by atoms with Crippen LogP contribution in [0.15, 0.2) is 22.6 Å². The van der Waals surface area contributed by atoms with Crippen molar-refractivity contribution < 1.29 is 18.1 Å². The van der Waals surface area contributed by atoms with Crippen LogP contribution in [0, 0.1) is 5.82 Å². The first-order valence-corrected chi connectivity index (χ1v) is 12.2. The highest BCUT2D eigenvalue weighted by Gasteiger charge is 2.28. The quantitative estimate of drug-likeness (QED) is 0.686. The number of ether oxygens (including phenoxy) is 1. The first kappa shape index (κ1) is 21.6. The molecule has 1 unspecified atom stereocenters. The number of methoxy groups -OCH3 is 1. The predicted molar refractivity (Wildman–Crippen MR) is 113 cm³/mol. The number of anilines is 1. The standard InChI is InChI=1S/C19H25FN4O3S2/c1-4-17-21-19(28-22-17)24-9-7-15(8-10-24)29(3,26)23-18(25)12-13-11-14(20)5-6-16(13)27-2/h5-6,11,15H,4,7-10,12H2,1-3H3. The van der Waals surface area contributed by atoms with Crippen molar-refractivity contribution in [2.24, 2.45) is 4.36 Å². The normalized spacial score (nSPS) is 17.0. The van der Waals surface area contributed by atoms with Crippen LogP contribution in [0.3, 0.4) is 0 Å².